The van der Waals surface area contributed by atoms with Crippen LogP contribution >= 0.6 is 11.3 Å². The van der Waals surface area contributed by atoms with E-state index in [-0.39, 0.29) is 5.91 Å². The molecule has 2 rings (SSSR count). The number of amides is 1. The van der Waals surface area contributed by atoms with Gasteiger partial charge in [0.2, 0.25) is 5.91 Å². The molecule has 1 aromatic rings. The van der Waals surface area contributed by atoms with Gasteiger partial charge in [-0.25, -0.2) is 4.79 Å². The van der Waals surface area contributed by atoms with Crippen molar-refractivity contribution in [1.29, 1.82) is 0 Å². The standard InChI is InChI=1S/C19H25NO5S/c1-5-6-12-9-15(19(24)25-4)17(26-12)20-16(21)13-7-10(2)11(3)8-14(13)18(22)23/h9,13-14H,5-8H2,1-4H3,(H,20,21)(H,22,23)/t13-,14-/m0/s1. The van der Waals surface area contributed by atoms with E-state index in [1.807, 2.05) is 20.8 Å². The molecule has 2 N–H and O–H groups in total. The number of aliphatic carboxylic acids is 1. The predicted octanol–water partition coefficient (Wildman–Crippen LogP) is 3.87. The summed E-state index contributed by atoms with van der Waals surface area (Å²) in [6.07, 6.45) is 2.50. The largest absolute Gasteiger partial charge is 0.481 e. The molecule has 1 aliphatic carbocycles. The molecular formula is C19H25NO5S. The maximum Gasteiger partial charge on any atom is 0.340 e. The molecule has 1 amide bonds. The second-order valence-electron chi connectivity index (χ2n) is 6.71. The first kappa shape index (κ1) is 20.2. The number of hydrogen-bond donors (Lipinski definition) is 2. The summed E-state index contributed by atoms with van der Waals surface area (Å²) in [5.41, 5.74) is 2.40. The van der Waals surface area contributed by atoms with Crippen molar-refractivity contribution >= 4 is 34.2 Å². The Hall–Kier alpha value is -2.15. The Kier molecular flexibility index (Phi) is 6.58. The third kappa shape index (κ3) is 4.33. The van der Waals surface area contributed by atoms with Crippen LogP contribution in [0.15, 0.2) is 17.2 Å². The zero-order chi connectivity index (χ0) is 19.4. The molecule has 0 saturated heterocycles. The minimum absolute atomic E-state index is 0.320. The zero-order valence-corrected chi connectivity index (χ0v) is 16.4. The summed E-state index contributed by atoms with van der Waals surface area (Å²) in [5, 5.41) is 12.7. The van der Waals surface area contributed by atoms with E-state index < -0.39 is 23.8 Å². The van der Waals surface area contributed by atoms with E-state index in [1.54, 1.807) is 6.07 Å². The number of carboxylic acid groups (broad SMARTS) is 1. The lowest BCUT2D eigenvalue weighted by Crippen LogP contribution is -2.36. The molecule has 0 aliphatic heterocycles. The molecule has 2 atom stereocenters. The summed E-state index contributed by atoms with van der Waals surface area (Å²) < 4.78 is 4.80. The fourth-order valence-corrected chi connectivity index (χ4v) is 4.35. The Morgan fingerprint density at radius 2 is 1.85 bits per heavy atom. The summed E-state index contributed by atoms with van der Waals surface area (Å²) in [4.78, 5) is 37.4. The molecule has 0 radical (unpaired) electrons. The number of carbonyl (C=O) groups is 3. The first-order chi connectivity index (χ1) is 12.3. The zero-order valence-electron chi connectivity index (χ0n) is 15.5. The highest BCUT2D eigenvalue weighted by Crippen LogP contribution is 2.36. The van der Waals surface area contributed by atoms with Crippen molar-refractivity contribution in [3.8, 4) is 0 Å². The molecule has 1 heterocycles. The van der Waals surface area contributed by atoms with Crippen molar-refractivity contribution in [1.82, 2.24) is 0 Å². The van der Waals surface area contributed by atoms with E-state index in [2.05, 4.69) is 5.32 Å². The number of carbonyl (C=O) groups excluding carboxylic acids is 2. The van der Waals surface area contributed by atoms with E-state index in [1.165, 1.54) is 18.4 Å². The minimum atomic E-state index is -0.969. The molecule has 6 nitrogen and oxygen atoms in total. The van der Waals surface area contributed by atoms with Crippen LogP contribution in [0.2, 0.25) is 0 Å². The van der Waals surface area contributed by atoms with Gasteiger partial charge < -0.3 is 15.2 Å². The second-order valence-corrected chi connectivity index (χ2v) is 7.84. The second kappa shape index (κ2) is 8.49. The van der Waals surface area contributed by atoms with Crippen LogP contribution < -0.4 is 5.32 Å². The lowest BCUT2D eigenvalue weighted by molar-refractivity contribution is -0.146. The molecule has 0 aromatic carbocycles. The normalized spacial score (nSPS) is 20.0. The van der Waals surface area contributed by atoms with Gasteiger partial charge in [0.1, 0.15) is 5.00 Å². The van der Waals surface area contributed by atoms with Crippen molar-refractivity contribution in [3.05, 3.63) is 27.7 Å². The van der Waals surface area contributed by atoms with Crippen LogP contribution in [0.1, 0.15) is 55.3 Å². The lowest BCUT2D eigenvalue weighted by atomic mass is 9.76. The molecule has 0 bridgehead atoms. The monoisotopic (exact) mass is 379 g/mol. The highest BCUT2D eigenvalue weighted by Gasteiger charge is 2.37. The Morgan fingerprint density at radius 1 is 1.23 bits per heavy atom. The van der Waals surface area contributed by atoms with Gasteiger partial charge >= 0.3 is 11.9 Å². The van der Waals surface area contributed by atoms with Crippen LogP contribution in [0.3, 0.4) is 0 Å². The summed E-state index contributed by atoms with van der Waals surface area (Å²) in [7, 11) is 1.30. The van der Waals surface area contributed by atoms with Gasteiger partial charge in [-0.15, -0.1) is 11.3 Å². The van der Waals surface area contributed by atoms with Crippen LogP contribution in [0.4, 0.5) is 5.00 Å². The Bertz CT molecular complexity index is 749. The molecule has 0 spiro atoms. The quantitative estimate of drug-likeness (QED) is 0.578. The molecular weight excluding hydrogens is 354 g/mol. The molecule has 0 fully saturated rings. The molecule has 1 aliphatic rings. The first-order valence-electron chi connectivity index (χ1n) is 8.68. The first-order valence-corrected chi connectivity index (χ1v) is 9.50. The number of anilines is 1. The fraction of sp³-hybridized carbons (Fsp3) is 0.526. The van der Waals surface area contributed by atoms with E-state index in [4.69, 9.17) is 4.74 Å². The number of hydrogen-bond acceptors (Lipinski definition) is 5. The van der Waals surface area contributed by atoms with E-state index in [0.29, 0.717) is 23.4 Å². The van der Waals surface area contributed by atoms with Gasteiger partial charge in [-0.1, -0.05) is 24.5 Å². The van der Waals surface area contributed by atoms with Crippen LogP contribution in [0, 0.1) is 11.8 Å². The van der Waals surface area contributed by atoms with Crippen LogP contribution in [-0.2, 0) is 20.7 Å². The summed E-state index contributed by atoms with van der Waals surface area (Å²) >= 11 is 1.34. The number of esters is 1. The average Bonchev–Trinajstić information content (AvgIpc) is 2.98. The summed E-state index contributed by atoms with van der Waals surface area (Å²) in [6, 6.07) is 1.74. The van der Waals surface area contributed by atoms with E-state index >= 15 is 0 Å². The minimum Gasteiger partial charge on any atom is -0.481 e. The SMILES string of the molecule is CCCc1cc(C(=O)OC)c(NC(=O)[C@H]2CC(C)=C(C)C[C@@H]2C(=O)O)s1. The van der Waals surface area contributed by atoms with Gasteiger partial charge in [0.05, 0.1) is 24.5 Å². The van der Waals surface area contributed by atoms with Crippen LogP contribution in [0.5, 0.6) is 0 Å². The van der Waals surface area contributed by atoms with Gasteiger partial charge in [-0.05, 0) is 39.2 Å². The van der Waals surface area contributed by atoms with Crippen LogP contribution in [0.25, 0.3) is 0 Å². The topological polar surface area (TPSA) is 92.7 Å². The van der Waals surface area contributed by atoms with Crippen molar-refractivity contribution < 1.29 is 24.2 Å². The Balaban J connectivity index is 2.28. The Labute approximate surface area is 157 Å². The number of methoxy groups -OCH3 is 1. The number of carboxylic acids is 1. The fourth-order valence-electron chi connectivity index (χ4n) is 3.20. The van der Waals surface area contributed by atoms with Gasteiger partial charge in [-0.2, -0.15) is 0 Å². The van der Waals surface area contributed by atoms with Crippen LogP contribution in [-0.4, -0.2) is 30.1 Å². The third-order valence-electron chi connectivity index (χ3n) is 4.84. The third-order valence-corrected chi connectivity index (χ3v) is 5.95. The maximum absolute atomic E-state index is 12.8. The number of aryl methyl sites for hydroxylation is 1. The number of allylic oxidation sites excluding steroid dienone is 2. The molecule has 0 unspecified atom stereocenters. The van der Waals surface area contributed by atoms with Gasteiger partial charge in [0, 0.05) is 4.88 Å². The highest BCUT2D eigenvalue weighted by atomic mass is 32.1. The maximum atomic E-state index is 12.8. The molecule has 142 valence electrons. The van der Waals surface area contributed by atoms with Crippen molar-refractivity contribution in [3.63, 3.8) is 0 Å². The van der Waals surface area contributed by atoms with E-state index in [9.17, 15) is 19.5 Å². The summed E-state index contributed by atoms with van der Waals surface area (Å²) in [5.74, 6) is -3.25. The Morgan fingerprint density at radius 3 is 2.38 bits per heavy atom. The number of nitrogens with one attached hydrogen (secondary N) is 1. The molecule has 7 heteroatoms. The average molecular weight is 379 g/mol. The molecule has 26 heavy (non-hydrogen) atoms. The summed E-state index contributed by atoms with van der Waals surface area (Å²) in [6.45, 7) is 5.87. The van der Waals surface area contributed by atoms with Gasteiger partial charge in [-0.3, -0.25) is 9.59 Å². The smallest absolute Gasteiger partial charge is 0.340 e. The molecule has 0 saturated carbocycles. The lowest BCUT2D eigenvalue weighted by Gasteiger charge is -2.29. The van der Waals surface area contributed by atoms with Crippen molar-refractivity contribution in [2.45, 2.75) is 46.5 Å². The number of thiophene rings is 1. The highest BCUT2D eigenvalue weighted by molar-refractivity contribution is 7.16. The van der Waals surface area contributed by atoms with Crippen molar-refractivity contribution in [2.75, 3.05) is 12.4 Å². The molecule has 1 aromatic heterocycles. The number of rotatable bonds is 6. The number of ether oxygens (including phenoxy) is 1. The van der Waals surface area contributed by atoms with Crippen molar-refractivity contribution in [2.24, 2.45) is 11.8 Å². The van der Waals surface area contributed by atoms with Gasteiger partial charge in [0.25, 0.3) is 0 Å². The predicted molar refractivity (Wildman–Crippen MR) is 101 cm³/mol. The van der Waals surface area contributed by atoms with Gasteiger partial charge in [0.15, 0.2) is 0 Å². The van der Waals surface area contributed by atoms with E-state index in [0.717, 1.165) is 28.9 Å².